The maximum Gasteiger partial charge on any atom is 0.317 e. The molecular formula is C28H39N5O4. The van der Waals surface area contributed by atoms with Crippen molar-refractivity contribution in [3.05, 3.63) is 59.7 Å². The van der Waals surface area contributed by atoms with Crippen molar-refractivity contribution in [2.24, 2.45) is 0 Å². The first-order valence-electron chi connectivity index (χ1n) is 12.6. The van der Waals surface area contributed by atoms with Crippen LogP contribution in [0.1, 0.15) is 43.1 Å². The SMILES string of the molecule is COCC(=O)Nc1ccc(N2CCCN(C(=O)NC(C)(C)C)CC2)c(C(=O)N(C)Cc2ccccc2)c1. The number of ether oxygens (including phenoxy) is 1. The molecule has 1 heterocycles. The number of anilines is 2. The largest absolute Gasteiger partial charge is 0.375 e. The van der Waals surface area contributed by atoms with Gasteiger partial charge < -0.3 is 30.1 Å². The summed E-state index contributed by atoms with van der Waals surface area (Å²) in [5, 5.41) is 5.83. The third kappa shape index (κ3) is 8.21. The monoisotopic (exact) mass is 509 g/mol. The van der Waals surface area contributed by atoms with E-state index in [9.17, 15) is 14.4 Å². The van der Waals surface area contributed by atoms with E-state index in [2.05, 4.69) is 15.5 Å². The van der Waals surface area contributed by atoms with E-state index in [-0.39, 0.29) is 30.0 Å². The quantitative estimate of drug-likeness (QED) is 0.595. The van der Waals surface area contributed by atoms with Gasteiger partial charge in [0.25, 0.3) is 5.91 Å². The van der Waals surface area contributed by atoms with Gasteiger partial charge >= 0.3 is 6.03 Å². The maximum absolute atomic E-state index is 13.7. The summed E-state index contributed by atoms with van der Waals surface area (Å²) in [4.78, 5) is 44.2. The molecule has 0 radical (unpaired) electrons. The smallest absolute Gasteiger partial charge is 0.317 e. The zero-order valence-corrected chi connectivity index (χ0v) is 22.5. The second kappa shape index (κ2) is 12.6. The molecule has 9 nitrogen and oxygen atoms in total. The van der Waals surface area contributed by atoms with Gasteiger partial charge in [0.2, 0.25) is 5.91 Å². The molecule has 2 N–H and O–H groups in total. The first kappa shape index (κ1) is 28.0. The van der Waals surface area contributed by atoms with Crippen LogP contribution in [-0.2, 0) is 16.1 Å². The minimum absolute atomic E-state index is 0.0719. The van der Waals surface area contributed by atoms with Gasteiger partial charge in [0.1, 0.15) is 6.61 Å². The van der Waals surface area contributed by atoms with Crippen molar-refractivity contribution < 1.29 is 19.1 Å². The lowest BCUT2D eigenvalue weighted by Crippen LogP contribution is -2.49. The first-order valence-corrected chi connectivity index (χ1v) is 12.6. The Morgan fingerprint density at radius 2 is 1.73 bits per heavy atom. The van der Waals surface area contributed by atoms with E-state index in [1.165, 1.54) is 7.11 Å². The highest BCUT2D eigenvalue weighted by atomic mass is 16.5. The number of nitrogens with one attached hydrogen (secondary N) is 2. The molecule has 1 aliphatic rings. The summed E-state index contributed by atoms with van der Waals surface area (Å²) in [6.07, 6.45) is 0.775. The van der Waals surface area contributed by atoms with Crippen LogP contribution in [0.5, 0.6) is 0 Å². The molecule has 3 rings (SSSR count). The number of hydrogen-bond acceptors (Lipinski definition) is 5. The fraction of sp³-hybridized carbons (Fsp3) is 0.464. The van der Waals surface area contributed by atoms with E-state index in [4.69, 9.17) is 4.74 Å². The summed E-state index contributed by atoms with van der Waals surface area (Å²) < 4.78 is 4.92. The highest BCUT2D eigenvalue weighted by Crippen LogP contribution is 2.27. The maximum atomic E-state index is 13.7. The number of methoxy groups -OCH3 is 1. The van der Waals surface area contributed by atoms with Gasteiger partial charge in [-0.05, 0) is 51.0 Å². The molecule has 4 amide bonds. The van der Waals surface area contributed by atoms with Gasteiger partial charge in [-0.15, -0.1) is 0 Å². The van der Waals surface area contributed by atoms with Crippen LogP contribution in [-0.4, -0.2) is 80.1 Å². The van der Waals surface area contributed by atoms with Crippen LogP contribution in [0.4, 0.5) is 16.2 Å². The summed E-state index contributed by atoms with van der Waals surface area (Å²) in [6, 6.07) is 15.1. The van der Waals surface area contributed by atoms with Crippen molar-refractivity contribution >= 4 is 29.2 Å². The Labute approximate surface area is 219 Å². The fourth-order valence-corrected chi connectivity index (χ4v) is 4.29. The average Bonchev–Trinajstić information content (AvgIpc) is 3.10. The number of urea groups is 1. The van der Waals surface area contributed by atoms with Crippen molar-refractivity contribution in [3.8, 4) is 0 Å². The van der Waals surface area contributed by atoms with Crippen molar-refractivity contribution in [1.82, 2.24) is 15.1 Å². The Kier molecular flexibility index (Phi) is 9.52. The third-order valence-electron chi connectivity index (χ3n) is 6.00. The van der Waals surface area contributed by atoms with Crippen molar-refractivity contribution in [2.75, 3.05) is 57.2 Å². The van der Waals surface area contributed by atoms with Crippen LogP contribution >= 0.6 is 0 Å². The molecule has 2 aromatic rings. The molecule has 0 spiro atoms. The van der Waals surface area contributed by atoms with Gasteiger partial charge in [-0.25, -0.2) is 4.79 Å². The number of nitrogens with zero attached hydrogens (tertiary/aromatic N) is 3. The van der Waals surface area contributed by atoms with Crippen molar-refractivity contribution in [1.29, 1.82) is 0 Å². The van der Waals surface area contributed by atoms with Crippen LogP contribution in [0.25, 0.3) is 0 Å². The minimum atomic E-state index is -0.310. The molecule has 0 bridgehead atoms. The molecule has 1 fully saturated rings. The summed E-state index contributed by atoms with van der Waals surface area (Å²) in [5.41, 5.74) is 2.53. The predicted molar refractivity (Wildman–Crippen MR) is 146 cm³/mol. The Morgan fingerprint density at radius 3 is 2.41 bits per heavy atom. The molecule has 0 atom stereocenters. The molecule has 1 saturated heterocycles. The number of carbonyl (C=O) groups is 3. The third-order valence-corrected chi connectivity index (χ3v) is 6.00. The zero-order valence-electron chi connectivity index (χ0n) is 22.5. The lowest BCUT2D eigenvalue weighted by Gasteiger charge is -2.29. The van der Waals surface area contributed by atoms with E-state index in [1.807, 2.05) is 62.1 Å². The molecule has 37 heavy (non-hydrogen) atoms. The number of benzene rings is 2. The number of hydrogen-bond donors (Lipinski definition) is 2. The van der Waals surface area contributed by atoms with Crippen LogP contribution < -0.4 is 15.5 Å². The van der Waals surface area contributed by atoms with Gasteiger partial charge in [-0.1, -0.05) is 30.3 Å². The number of carbonyl (C=O) groups excluding carboxylic acids is 3. The van der Waals surface area contributed by atoms with Gasteiger partial charge in [-0.3, -0.25) is 9.59 Å². The predicted octanol–water partition coefficient (Wildman–Crippen LogP) is 3.56. The Bertz CT molecular complexity index is 1080. The van der Waals surface area contributed by atoms with Crippen LogP contribution in [0.2, 0.25) is 0 Å². The van der Waals surface area contributed by atoms with E-state index >= 15 is 0 Å². The Balaban J connectivity index is 1.84. The van der Waals surface area contributed by atoms with Gasteiger partial charge in [-0.2, -0.15) is 0 Å². The first-order chi connectivity index (χ1) is 17.6. The zero-order chi connectivity index (χ0) is 27.0. The minimum Gasteiger partial charge on any atom is -0.375 e. The fourth-order valence-electron chi connectivity index (χ4n) is 4.29. The van der Waals surface area contributed by atoms with Crippen molar-refractivity contribution in [2.45, 2.75) is 39.3 Å². The molecule has 0 unspecified atom stereocenters. The summed E-state index contributed by atoms with van der Waals surface area (Å²) in [5.74, 6) is -0.435. The molecule has 2 aromatic carbocycles. The van der Waals surface area contributed by atoms with Crippen LogP contribution in [0.3, 0.4) is 0 Å². The van der Waals surface area contributed by atoms with Crippen LogP contribution in [0, 0.1) is 0 Å². The average molecular weight is 510 g/mol. The molecule has 0 aliphatic carbocycles. The topological polar surface area (TPSA) is 94.2 Å². The van der Waals surface area contributed by atoms with Crippen molar-refractivity contribution in [3.63, 3.8) is 0 Å². The van der Waals surface area contributed by atoms with Gasteiger partial charge in [0.05, 0.1) is 5.56 Å². The van der Waals surface area contributed by atoms with E-state index in [1.54, 1.807) is 24.1 Å². The number of rotatable bonds is 7. The van der Waals surface area contributed by atoms with E-state index in [0.29, 0.717) is 44.0 Å². The summed E-state index contributed by atoms with van der Waals surface area (Å²) >= 11 is 0. The van der Waals surface area contributed by atoms with Crippen LogP contribution in [0.15, 0.2) is 48.5 Å². The highest BCUT2D eigenvalue weighted by Gasteiger charge is 2.26. The Morgan fingerprint density at radius 1 is 1.00 bits per heavy atom. The number of amides is 4. The van der Waals surface area contributed by atoms with Gasteiger partial charge in [0.15, 0.2) is 0 Å². The van der Waals surface area contributed by atoms with E-state index in [0.717, 1.165) is 17.7 Å². The molecule has 0 aromatic heterocycles. The lowest BCUT2D eigenvalue weighted by atomic mass is 10.1. The van der Waals surface area contributed by atoms with Gasteiger partial charge in [0, 0.05) is 63.8 Å². The summed E-state index contributed by atoms with van der Waals surface area (Å²) in [7, 11) is 3.23. The highest BCUT2D eigenvalue weighted by molar-refractivity contribution is 6.02. The molecule has 1 aliphatic heterocycles. The van der Waals surface area contributed by atoms with E-state index < -0.39 is 0 Å². The standard InChI is InChI=1S/C28H39N5O4/c1-28(2,3)30-27(36)33-15-9-14-32(16-17-33)24-13-12-22(29-25(34)20-37-5)18-23(24)26(35)31(4)19-21-10-7-6-8-11-21/h6-8,10-13,18H,9,14-17,19-20H2,1-5H3,(H,29,34)(H,30,36). The normalized spacial score (nSPS) is 14.1. The summed E-state index contributed by atoms with van der Waals surface area (Å²) in [6.45, 7) is 8.76. The molecule has 9 heteroatoms. The molecule has 0 saturated carbocycles. The Hall–Kier alpha value is -3.59. The second-order valence-corrected chi connectivity index (χ2v) is 10.4. The molecule has 200 valence electrons. The second-order valence-electron chi connectivity index (χ2n) is 10.4. The molecular weight excluding hydrogens is 470 g/mol. The lowest BCUT2D eigenvalue weighted by molar-refractivity contribution is -0.119.